The molecule has 6 atom stereocenters. The Kier molecular flexibility index (Phi) is 6.01. The number of carbonyl (C=O) groups is 1. The number of guanidine groups is 1. The van der Waals surface area contributed by atoms with Gasteiger partial charge in [-0.1, -0.05) is 20.8 Å². The summed E-state index contributed by atoms with van der Waals surface area (Å²) in [5, 5.41) is 18.4. The number of aliphatic imine (C=N–C) groups is 1. The predicted molar refractivity (Wildman–Crippen MR) is 124 cm³/mol. The van der Waals surface area contributed by atoms with E-state index in [9.17, 15) is 9.90 Å². The van der Waals surface area contributed by atoms with Crippen molar-refractivity contribution >= 4 is 17.6 Å². The normalized spacial score (nSPS) is 35.2. The number of aromatic carboxylic acids is 1. The number of nitrogens with zero attached hydrogens (tertiary/aromatic N) is 2. The van der Waals surface area contributed by atoms with Gasteiger partial charge in [-0.15, -0.1) is 0 Å². The summed E-state index contributed by atoms with van der Waals surface area (Å²) < 4.78 is 0. The number of anilines is 1. The molecule has 1 saturated heterocycles. The van der Waals surface area contributed by atoms with Gasteiger partial charge < -0.3 is 15.7 Å². The fourth-order valence-electron chi connectivity index (χ4n) is 5.95. The number of piperazine rings is 1. The van der Waals surface area contributed by atoms with Crippen LogP contribution in [0.4, 0.5) is 5.69 Å². The number of fused-ring (bicyclic) bond motifs is 2. The Hall–Kier alpha value is -2.12. The Labute approximate surface area is 185 Å². The molecular formula is C24H37N5O2. The van der Waals surface area contributed by atoms with Gasteiger partial charge in [0.1, 0.15) is 0 Å². The van der Waals surface area contributed by atoms with E-state index in [1.54, 1.807) is 24.3 Å². The van der Waals surface area contributed by atoms with E-state index in [0.29, 0.717) is 29.5 Å². The summed E-state index contributed by atoms with van der Waals surface area (Å²) in [4.78, 5) is 16.4. The average molecular weight is 428 g/mol. The molecule has 1 heterocycles. The zero-order valence-corrected chi connectivity index (χ0v) is 19.4. The van der Waals surface area contributed by atoms with Crippen LogP contribution in [0.15, 0.2) is 29.3 Å². The molecule has 3 aliphatic carbocycles. The molecule has 0 spiro atoms. The number of benzene rings is 1. The zero-order valence-electron chi connectivity index (χ0n) is 19.4. The summed E-state index contributed by atoms with van der Waals surface area (Å²) in [6.07, 6.45) is 2.46. The highest BCUT2D eigenvalue weighted by Gasteiger charge is 2.56. The number of hydrogen-bond acceptors (Lipinski definition) is 4. The lowest BCUT2D eigenvalue weighted by molar-refractivity contribution is -0.108. The second kappa shape index (κ2) is 8.43. The molecular weight excluding hydrogens is 390 g/mol. The second-order valence-corrected chi connectivity index (χ2v) is 10.5. The summed E-state index contributed by atoms with van der Waals surface area (Å²) in [7, 11) is 0. The fourth-order valence-corrected chi connectivity index (χ4v) is 5.95. The Balaban J connectivity index is 1.53. The van der Waals surface area contributed by atoms with Crippen molar-refractivity contribution in [3.8, 4) is 0 Å². The third-order valence-corrected chi connectivity index (χ3v) is 7.82. The van der Waals surface area contributed by atoms with E-state index in [4.69, 9.17) is 4.99 Å². The molecule has 4 fully saturated rings. The molecule has 1 aliphatic heterocycles. The van der Waals surface area contributed by atoms with Crippen LogP contribution < -0.4 is 16.1 Å². The Bertz CT molecular complexity index is 827. The third-order valence-electron chi connectivity index (χ3n) is 7.82. The van der Waals surface area contributed by atoms with Crippen LogP contribution in [0, 0.1) is 23.2 Å². The molecule has 0 amide bonds. The Morgan fingerprint density at radius 3 is 2.32 bits per heavy atom. The molecule has 4 aliphatic rings. The van der Waals surface area contributed by atoms with Crippen molar-refractivity contribution in [3.63, 3.8) is 0 Å². The van der Waals surface area contributed by atoms with Crippen molar-refractivity contribution in [1.29, 1.82) is 0 Å². The molecule has 1 aromatic rings. The molecule has 1 aromatic carbocycles. The van der Waals surface area contributed by atoms with Crippen LogP contribution in [0.3, 0.4) is 0 Å². The maximum absolute atomic E-state index is 11.2. The first kappa shape index (κ1) is 22.1. The number of hydrogen-bond donors (Lipinski definition) is 4. The van der Waals surface area contributed by atoms with Gasteiger partial charge in [-0.2, -0.15) is 0 Å². The molecule has 7 nitrogen and oxygen atoms in total. The summed E-state index contributed by atoms with van der Waals surface area (Å²) >= 11 is 0. The summed E-state index contributed by atoms with van der Waals surface area (Å²) in [6.45, 7) is 13.3. The number of nitrogens with one attached hydrogen (secondary N) is 3. The van der Waals surface area contributed by atoms with Crippen LogP contribution in [-0.4, -0.2) is 53.3 Å². The average Bonchev–Trinajstić information content (AvgIpc) is 2.68. The summed E-state index contributed by atoms with van der Waals surface area (Å²) in [5.41, 5.74) is 5.09. The Morgan fingerprint density at radius 1 is 1.13 bits per heavy atom. The fraction of sp³-hybridized carbons (Fsp3) is 0.667. The Morgan fingerprint density at radius 2 is 1.77 bits per heavy atom. The van der Waals surface area contributed by atoms with Gasteiger partial charge >= 0.3 is 5.97 Å². The smallest absolute Gasteiger partial charge is 0.335 e. The van der Waals surface area contributed by atoms with Gasteiger partial charge in [0.2, 0.25) is 5.96 Å². The molecule has 0 aromatic heterocycles. The van der Waals surface area contributed by atoms with Gasteiger partial charge in [-0.25, -0.2) is 14.8 Å². The number of carboxylic acid groups (broad SMARTS) is 1. The topological polar surface area (TPSA) is 89.0 Å². The monoisotopic (exact) mass is 427 g/mol. The van der Waals surface area contributed by atoms with Gasteiger partial charge in [-0.3, -0.25) is 5.43 Å². The van der Waals surface area contributed by atoms with Gasteiger partial charge in [0.25, 0.3) is 0 Å². The molecule has 3 saturated carbocycles. The minimum Gasteiger partial charge on any atom is -0.478 e. The second-order valence-electron chi connectivity index (χ2n) is 10.5. The predicted octanol–water partition coefficient (Wildman–Crippen LogP) is 3.41. The molecule has 7 heteroatoms. The molecule has 2 bridgehead atoms. The first-order chi connectivity index (χ1) is 14.6. The van der Waals surface area contributed by atoms with Crippen molar-refractivity contribution < 1.29 is 9.90 Å². The largest absolute Gasteiger partial charge is 0.478 e. The van der Waals surface area contributed by atoms with Crippen LogP contribution in [0.25, 0.3) is 0 Å². The number of hydrazine groups is 1. The molecule has 4 N–H and O–H groups in total. The van der Waals surface area contributed by atoms with Crippen molar-refractivity contribution in [2.75, 3.05) is 18.4 Å². The summed E-state index contributed by atoms with van der Waals surface area (Å²) in [5.74, 6) is 1.86. The maximum Gasteiger partial charge on any atom is 0.335 e. The minimum absolute atomic E-state index is 0.282. The standard InChI is InChI=1S/C24H37N5O2/c1-14-12-29(13-15(2)25-14)28-23(26-19-8-6-17(7-9-19)22(30)31)27-21-11-18-10-20(16(21)3)24(18,4)5/h6-9,14-16,18,20-21,25H,10-13H2,1-5H3,(H,30,31)(H2,26,27,28). The van der Waals surface area contributed by atoms with Crippen LogP contribution in [0.2, 0.25) is 0 Å². The molecule has 170 valence electrons. The first-order valence-electron chi connectivity index (χ1n) is 11.6. The van der Waals surface area contributed by atoms with E-state index >= 15 is 0 Å². The lowest BCUT2D eigenvalue weighted by atomic mass is 9.45. The van der Waals surface area contributed by atoms with Crippen molar-refractivity contribution in [2.24, 2.45) is 28.2 Å². The van der Waals surface area contributed by atoms with E-state index in [2.05, 4.69) is 55.7 Å². The van der Waals surface area contributed by atoms with E-state index < -0.39 is 5.97 Å². The van der Waals surface area contributed by atoms with Gasteiger partial charge in [-0.05, 0) is 74.1 Å². The van der Waals surface area contributed by atoms with E-state index in [1.807, 2.05) is 0 Å². The van der Waals surface area contributed by atoms with Crippen molar-refractivity contribution in [1.82, 2.24) is 15.8 Å². The molecule has 0 radical (unpaired) electrons. The molecule has 5 rings (SSSR count). The van der Waals surface area contributed by atoms with Crippen LogP contribution >= 0.6 is 0 Å². The minimum atomic E-state index is -0.916. The van der Waals surface area contributed by atoms with Crippen LogP contribution in [-0.2, 0) is 0 Å². The first-order valence-corrected chi connectivity index (χ1v) is 11.6. The van der Waals surface area contributed by atoms with Gasteiger partial charge in [0.15, 0.2) is 0 Å². The highest BCUT2D eigenvalue weighted by molar-refractivity contribution is 5.94. The van der Waals surface area contributed by atoms with Gasteiger partial charge in [0, 0.05) is 30.9 Å². The third kappa shape index (κ3) is 4.58. The quantitative estimate of drug-likeness (QED) is 0.435. The van der Waals surface area contributed by atoms with Crippen molar-refractivity contribution in [2.45, 2.75) is 65.6 Å². The lowest BCUT2D eigenvalue weighted by Crippen LogP contribution is -2.60. The highest BCUT2D eigenvalue weighted by Crippen LogP contribution is 2.61. The van der Waals surface area contributed by atoms with Crippen LogP contribution in [0.5, 0.6) is 0 Å². The lowest BCUT2D eigenvalue weighted by Gasteiger charge is -2.61. The molecule has 6 unspecified atom stereocenters. The zero-order chi connectivity index (χ0) is 22.3. The van der Waals surface area contributed by atoms with E-state index in [1.165, 1.54) is 6.42 Å². The SMILES string of the molecule is CC1CN(NC(=NC2CC3CC(C2C)C3(C)C)Nc2ccc(C(=O)O)cc2)CC(C)N1. The molecule has 31 heavy (non-hydrogen) atoms. The number of carboxylic acids is 1. The van der Waals surface area contributed by atoms with E-state index in [0.717, 1.165) is 43.0 Å². The summed E-state index contributed by atoms with van der Waals surface area (Å²) in [6, 6.07) is 7.94. The van der Waals surface area contributed by atoms with Crippen molar-refractivity contribution in [3.05, 3.63) is 29.8 Å². The van der Waals surface area contributed by atoms with E-state index in [-0.39, 0.29) is 5.56 Å². The van der Waals surface area contributed by atoms with Gasteiger partial charge in [0.05, 0.1) is 11.6 Å². The number of rotatable bonds is 4. The van der Waals surface area contributed by atoms with Crippen LogP contribution in [0.1, 0.15) is 57.8 Å². The maximum atomic E-state index is 11.2. The highest BCUT2D eigenvalue weighted by atomic mass is 16.4.